The Morgan fingerprint density at radius 3 is 2.27 bits per heavy atom. The second-order valence-electron chi connectivity index (χ2n) is 10.0. The molecule has 3 aromatic rings. The minimum Gasteiger partial charge on any atom is -0.507 e. The van der Waals surface area contributed by atoms with E-state index in [4.69, 9.17) is 4.74 Å². The number of carbonyl (C=O) groups excluding carboxylic acids is 2. The molecule has 1 heterocycles. The number of amides is 1. The van der Waals surface area contributed by atoms with Crippen LogP contribution in [0.5, 0.6) is 5.75 Å². The van der Waals surface area contributed by atoms with Crippen molar-refractivity contribution in [2.75, 3.05) is 30.5 Å². The van der Waals surface area contributed by atoms with Gasteiger partial charge >= 0.3 is 6.18 Å². The van der Waals surface area contributed by atoms with Crippen molar-refractivity contribution in [1.29, 1.82) is 0 Å². The second kappa shape index (κ2) is 11.1. The zero-order valence-electron chi connectivity index (χ0n) is 22.9. The second-order valence-corrected chi connectivity index (χ2v) is 10.0. The third kappa shape index (κ3) is 5.41. The van der Waals surface area contributed by atoms with Crippen LogP contribution in [0.3, 0.4) is 0 Å². The van der Waals surface area contributed by atoms with Gasteiger partial charge in [-0.25, -0.2) is 0 Å². The van der Waals surface area contributed by atoms with E-state index in [-0.39, 0.29) is 17.2 Å². The summed E-state index contributed by atoms with van der Waals surface area (Å²) in [5, 5.41) is 11.5. The molecule has 210 valence electrons. The highest BCUT2D eigenvalue weighted by atomic mass is 19.4. The van der Waals surface area contributed by atoms with Crippen LogP contribution in [0.15, 0.2) is 72.3 Å². The number of hydrogen-bond donors (Lipinski definition) is 1. The summed E-state index contributed by atoms with van der Waals surface area (Å²) in [5.41, 5.74) is 1.12. The van der Waals surface area contributed by atoms with E-state index in [2.05, 4.69) is 0 Å². The molecule has 4 rings (SSSR count). The first-order valence-corrected chi connectivity index (χ1v) is 12.9. The minimum absolute atomic E-state index is 0.0243. The molecular weight excluding hydrogens is 521 g/mol. The number of ether oxygens (including phenoxy) is 1. The first-order valence-electron chi connectivity index (χ1n) is 12.9. The number of anilines is 2. The summed E-state index contributed by atoms with van der Waals surface area (Å²) in [6.45, 7) is 6.21. The molecule has 40 heavy (non-hydrogen) atoms. The van der Waals surface area contributed by atoms with Crippen LogP contribution in [0.4, 0.5) is 24.5 Å². The quantitative estimate of drug-likeness (QED) is 0.196. The fourth-order valence-corrected chi connectivity index (χ4v) is 4.79. The summed E-state index contributed by atoms with van der Waals surface area (Å²) in [6.07, 6.45) is -4.65. The molecule has 1 aliphatic heterocycles. The largest absolute Gasteiger partial charge is 0.507 e. The number of aliphatic hydroxyl groups excluding tert-OH is 1. The molecule has 0 bridgehead atoms. The predicted octanol–water partition coefficient (Wildman–Crippen LogP) is 6.92. The highest BCUT2D eigenvalue weighted by molar-refractivity contribution is 6.51. The lowest BCUT2D eigenvalue weighted by atomic mass is 9.93. The topological polar surface area (TPSA) is 70.1 Å². The van der Waals surface area contributed by atoms with Crippen LogP contribution in [-0.2, 0) is 15.8 Å². The van der Waals surface area contributed by atoms with E-state index in [1.807, 2.05) is 39.8 Å². The Balaban J connectivity index is 1.94. The third-order valence-electron chi connectivity index (χ3n) is 6.83. The Bertz CT molecular complexity index is 1460. The molecule has 1 unspecified atom stereocenters. The maximum atomic E-state index is 13.6. The number of aliphatic hydroxyl groups is 1. The van der Waals surface area contributed by atoms with Gasteiger partial charge in [0, 0.05) is 31.0 Å². The molecule has 1 atom stereocenters. The van der Waals surface area contributed by atoms with Crippen molar-refractivity contribution in [2.45, 2.75) is 38.9 Å². The van der Waals surface area contributed by atoms with Crippen LogP contribution in [0, 0.1) is 0 Å². The molecule has 3 aromatic carbocycles. The fourth-order valence-electron chi connectivity index (χ4n) is 4.79. The maximum Gasteiger partial charge on any atom is 0.416 e. The van der Waals surface area contributed by atoms with Gasteiger partial charge in [-0.1, -0.05) is 32.0 Å². The molecular formula is C31H31F3N2O4. The average molecular weight is 553 g/mol. The molecule has 1 aliphatic rings. The van der Waals surface area contributed by atoms with E-state index in [0.29, 0.717) is 23.5 Å². The summed E-state index contributed by atoms with van der Waals surface area (Å²) in [7, 11) is 3.70. The Labute approximate surface area is 231 Å². The minimum atomic E-state index is -4.65. The number of alkyl halides is 3. The average Bonchev–Trinajstić information content (AvgIpc) is 3.18. The van der Waals surface area contributed by atoms with Crippen molar-refractivity contribution in [3.8, 4) is 5.75 Å². The van der Waals surface area contributed by atoms with Gasteiger partial charge in [0.2, 0.25) is 0 Å². The first kappa shape index (κ1) is 28.7. The summed E-state index contributed by atoms with van der Waals surface area (Å²) in [6, 6.07) is 15.0. The number of ketones is 1. The zero-order valence-corrected chi connectivity index (χ0v) is 22.9. The highest BCUT2D eigenvalue weighted by Crippen LogP contribution is 2.44. The van der Waals surface area contributed by atoms with E-state index in [1.54, 1.807) is 42.5 Å². The summed E-state index contributed by atoms with van der Waals surface area (Å²) in [5.74, 6) is -1.78. The molecule has 0 aromatic heterocycles. The van der Waals surface area contributed by atoms with Crippen LogP contribution >= 0.6 is 0 Å². The van der Waals surface area contributed by atoms with E-state index in [1.165, 1.54) is 12.1 Å². The lowest BCUT2D eigenvalue weighted by Gasteiger charge is -2.26. The van der Waals surface area contributed by atoms with Crippen molar-refractivity contribution in [2.24, 2.45) is 0 Å². The Hall–Kier alpha value is -4.27. The Kier molecular flexibility index (Phi) is 7.95. The molecule has 9 heteroatoms. The lowest BCUT2D eigenvalue weighted by molar-refractivity contribution is -0.137. The van der Waals surface area contributed by atoms with Crippen LogP contribution < -0.4 is 14.5 Å². The summed E-state index contributed by atoms with van der Waals surface area (Å²) >= 11 is 0. The predicted molar refractivity (Wildman–Crippen MR) is 149 cm³/mol. The number of nitrogens with zero attached hydrogens (tertiary/aromatic N) is 2. The van der Waals surface area contributed by atoms with E-state index >= 15 is 0 Å². The first-order chi connectivity index (χ1) is 18.8. The van der Waals surface area contributed by atoms with Gasteiger partial charge < -0.3 is 14.7 Å². The molecule has 0 radical (unpaired) electrons. The third-order valence-corrected chi connectivity index (χ3v) is 6.83. The number of rotatable bonds is 7. The number of halogens is 3. The number of carbonyl (C=O) groups is 2. The van der Waals surface area contributed by atoms with E-state index < -0.39 is 35.2 Å². The van der Waals surface area contributed by atoms with Crippen molar-refractivity contribution < 1.29 is 32.6 Å². The van der Waals surface area contributed by atoms with Crippen LogP contribution in [-0.4, -0.2) is 37.5 Å². The van der Waals surface area contributed by atoms with Gasteiger partial charge in [-0.3, -0.25) is 14.5 Å². The van der Waals surface area contributed by atoms with Gasteiger partial charge in [-0.15, -0.1) is 0 Å². The molecule has 0 spiro atoms. The molecule has 1 N–H and O–H groups in total. The number of Topliss-reactive ketones (excluding diaryl/α,β-unsaturated/α-hetero) is 1. The number of benzene rings is 3. The Morgan fingerprint density at radius 2 is 1.70 bits per heavy atom. The molecule has 1 fully saturated rings. The zero-order chi connectivity index (χ0) is 29.4. The van der Waals surface area contributed by atoms with Gasteiger partial charge in [0.25, 0.3) is 11.7 Å². The van der Waals surface area contributed by atoms with Gasteiger partial charge in [-0.05, 0) is 72.5 Å². The van der Waals surface area contributed by atoms with Gasteiger partial charge in [0.1, 0.15) is 11.5 Å². The fraction of sp³-hybridized carbons (Fsp3) is 0.290. The van der Waals surface area contributed by atoms with Crippen LogP contribution in [0.2, 0.25) is 0 Å². The van der Waals surface area contributed by atoms with Gasteiger partial charge in [0.15, 0.2) is 0 Å². The Morgan fingerprint density at radius 1 is 1.02 bits per heavy atom. The lowest BCUT2D eigenvalue weighted by Crippen LogP contribution is -2.29. The molecule has 0 aliphatic carbocycles. The van der Waals surface area contributed by atoms with Crippen molar-refractivity contribution >= 4 is 28.8 Å². The monoisotopic (exact) mass is 552 g/mol. The van der Waals surface area contributed by atoms with E-state index in [9.17, 15) is 27.9 Å². The highest BCUT2D eigenvalue weighted by Gasteiger charge is 2.47. The molecule has 0 saturated carbocycles. The summed E-state index contributed by atoms with van der Waals surface area (Å²) in [4.78, 5) is 29.8. The maximum absolute atomic E-state index is 13.6. The standard InChI is InChI=1S/C31H31F3N2O4/c1-6-40-25-15-12-20(16-24(25)18(2)3)28(37)26-27(19-10-13-22(14-11-19)35(4)5)36(30(39)29(26)38)23-9-7-8-21(17-23)31(32,33)34/h7-18,27,37H,6H2,1-5H3/b28-26-. The van der Waals surface area contributed by atoms with Crippen molar-refractivity contribution in [3.05, 3.63) is 94.6 Å². The SMILES string of the molecule is CCOc1ccc(/C(O)=C2/C(=O)C(=O)N(c3cccc(C(F)(F)F)c3)C2c2ccc(N(C)C)cc2)cc1C(C)C. The van der Waals surface area contributed by atoms with Crippen LogP contribution in [0.1, 0.15) is 55.0 Å². The summed E-state index contributed by atoms with van der Waals surface area (Å²) < 4.78 is 46.4. The van der Waals surface area contributed by atoms with Crippen molar-refractivity contribution in [3.63, 3.8) is 0 Å². The van der Waals surface area contributed by atoms with Gasteiger partial charge in [0.05, 0.1) is 23.8 Å². The van der Waals surface area contributed by atoms with Gasteiger partial charge in [-0.2, -0.15) is 13.2 Å². The molecule has 1 amide bonds. The van der Waals surface area contributed by atoms with Crippen molar-refractivity contribution in [1.82, 2.24) is 0 Å². The smallest absolute Gasteiger partial charge is 0.416 e. The normalized spacial score (nSPS) is 17.0. The van der Waals surface area contributed by atoms with E-state index in [0.717, 1.165) is 28.3 Å². The number of hydrogen-bond acceptors (Lipinski definition) is 5. The molecule has 1 saturated heterocycles. The molecule has 6 nitrogen and oxygen atoms in total. The van der Waals surface area contributed by atoms with Crippen LogP contribution in [0.25, 0.3) is 5.76 Å².